The van der Waals surface area contributed by atoms with Crippen molar-refractivity contribution in [1.29, 1.82) is 0 Å². The molecule has 4 heteroatoms. The first-order valence-electron chi connectivity index (χ1n) is 3.63. The molecule has 0 amide bonds. The van der Waals surface area contributed by atoms with Crippen molar-refractivity contribution in [3.63, 3.8) is 0 Å². The molecule has 1 aromatic heterocycles. The zero-order valence-corrected chi connectivity index (χ0v) is 9.95. The van der Waals surface area contributed by atoms with Crippen LogP contribution >= 0.6 is 46.3 Å². The number of halogens is 2. The van der Waals surface area contributed by atoms with Crippen molar-refractivity contribution in [2.45, 2.75) is 4.21 Å². The number of hydrogen-bond donors (Lipinski definition) is 0. The van der Waals surface area contributed by atoms with Gasteiger partial charge < -0.3 is 0 Å². The molecule has 0 radical (unpaired) electrons. The van der Waals surface area contributed by atoms with Crippen molar-refractivity contribution < 1.29 is 0 Å². The normalized spacial score (nSPS) is 11.0. The fourth-order valence-corrected chi connectivity index (χ4v) is 3.39. The molecule has 0 spiro atoms. The molecular weight excluding hydrogens is 243 g/mol. The fraction of sp³-hybridized carbons (Fsp3) is 0.111. The Morgan fingerprint density at radius 3 is 2.69 bits per heavy atom. The first kappa shape index (κ1) is 9.66. The van der Waals surface area contributed by atoms with Crippen LogP contribution in [0.15, 0.2) is 22.4 Å². The molecule has 68 valence electrons. The Hall–Kier alpha value is 0.110. The van der Waals surface area contributed by atoms with Gasteiger partial charge in [0, 0.05) is 5.02 Å². The molecule has 0 aliphatic rings. The minimum Gasteiger partial charge on any atom is -0.127 e. The van der Waals surface area contributed by atoms with Crippen LogP contribution in [-0.4, -0.2) is 6.26 Å². The standard InChI is InChI=1S/C9H6Cl2S2/c1-12-8-3-5-2-6(10)4-7(11)9(5)13-8/h2-4H,1H3. The third-order valence-corrected chi connectivity index (χ3v) is 4.59. The third-order valence-electron chi connectivity index (χ3n) is 1.71. The number of hydrogen-bond acceptors (Lipinski definition) is 2. The van der Waals surface area contributed by atoms with E-state index in [1.54, 1.807) is 29.2 Å². The van der Waals surface area contributed by atoms with Gasteiger partial charge in [-0.3, -0.25) is 0 Å². The van der Waals surface area contributed by atoms with E-state index in [0.29, 0.717) is 5.02 Å². The van der Waals surface area contributed by atoms with Gasteiger partial charge in [0.1, 0.15) is 0 Å². The largest absolute Gasteiger partial charge is 0.127 e. The maximum Gasteiger partial charge on any atom is 0.0609 e. The second-order valence-corrected chi connectivity index (χ2v) is 5.58. The smallest absolute Gasteiger partial charge is 0.0609 e. The fourth-order valence-electron chi connectivity index (χ4n) is 1.15. The van der Waals surface area contributed by atoms with Gasteiger partial charge in [-0.1, -0.05) is 23.2 Å². The zero-order chi connectivity index (χ0) is 9.42. The number of benzene rings is 1. The molecule has 1 heterocycles. The summed E-state index contributed by atoms with van der Waals surface area (Å²) in [6.45, 7) is 0. The zero-order valence-electron chi connectivity index (χ0n) is 6.80. The van der Waals surface area contributed by atoms with Crippen LogP contribution in [0.5, 0.6) is 0 Å². The van der Waals surface area contributed by atoms with E-state index in [1.807, 2.05) is 6.07 Å². The summed E-state index contributed by atoms with van der Waals surface area (Å²) in [5.41, 5.74) is 0. The molecule has 0 aliphatic heterocycles. The lowest BCUT2D eigenvalue weighted by Crippen LogP contribution is -1.66. The Balaban J connectivity index is 2.75. The number of thiophene rings is 1. The summed E-state index contributed by atoms with van der Waals surface area (Å²) in [5, 5.41) is 2.57. The maximum absolute atomic E-state index is 6.05. The highest BCUT2D eigenvalue weighted by Crippen LogP contribution is 2.37. The van der Waals surface area contributed by atoms with Crippen LogP contribution in [0.4, 0.5) is 0 Å². The first-order chi connectivity index (χ1) is 6.20. The van der Waals surface area contributed by atoms with E-state index in [1.165, 1.54) is 4.21 Å². The summed E-state index contributed by atoms with van der Waals surface area (Å²) in [4.78, 5) is 0. The molecule has 0 saturated heterocycles. The van der Waals surface area contributed by atoms with Crippen LogP contribution in [-0.2, 0) is 0 Å². The van der Waals surface area contributed by atoms with E-state index < -0.39 is 0 Å². The predicted molar refractivity (Wildman–Crippen MR) is 63.6 cm³/mol. The van der Waals surface area contributed by atoms with Gasteiger partial charge in [-0.15, -0.1) is 23.1 Å². The molecule has 0 saturated carbocycles. The Morgan fingerprint density at radius 2 is 2.00 bits per heavy atom. The topological polar surface area (TPSA) is 0 Å². The molecule has 0 unspecified atom stereocenters. The van der Waals surface area contributed by atoms with Crippen LogP contribution < -0.4 is 0 Å². The summed E-state index contributed by atoms with van der Waals surface area (Å²) in [6.07, 6.45) is 2.06. The molecule has 0 nitrogen and oxygen atoms in total. The SMILES string of the molecule is CSc1cc2cc(Cl)cc(Cl)c2s1. The van der Waals surface area contributed by atoms with Crippen molar-refractivity contribution in [2.24, 2.45) is 0 Å². The number of fused-ring (bicyclic) bond motifs is 1. The van der Waals surface area contributed by atoms with Gasteiger partial charge >= 0.3 is 0 Å². The second kappa shape index (κ2) is 3.70. The van der Waals surface area contributed by atoms with Gasteiger partial charge in [0.25, 0.3) is 0 Å². The van der Waals surface area contributed by atoms with Gasteiger partial charge in [0.05, 0.1) is 13.9 Å². The Labute approximate surface area is 94.8 Å². The van der Waals surface area contributed by atoms with Gasteiger partial charge in [-0.05, 0) is 29.8 Å². The van der Waals surface area contributed by atoms with E-state index in [4.69, 9.17) is 23.2 Å². The monoisotopic (exact) mass is 248 g/mol. The highest BCUT2D eigenvalue weighted by atomic mass is 35.5. The highest BCUT2D eigenvalue weighted by molar-refractivity contribution is 8.00. The van der Waals surface area contributed by atoms with E-state index in [-0.39, 0.29) is 0 Å². The van der Waals surface area contributed by atoms with E-state index in [0.717, 1.165) is 15.1 Å². The molecule has 0 N–H and O–H groups in total. The average molecular weight is 249 g/mol. The van der Waals surface area contributed by atoms with Crippen molar-refractivity contribution in [1.82, 2.24) is 0 Å². The lowest BCUT2D eigenvalue weighted by molar-refractivity contribution is 1.76. The first-order valence-corrected chi connectivity index (χ1v) is 6.43. The molecule has 0 atom stereocenters. The Kier molecular flexibility index (Phi) is 2.75. The van der Waals surface area contributed by atoms with Gasteiger partial charge in [-0.2, -0.15) is 0 Å². The maximum atomic E-state index is 6.05. The highest BCUT2D eigenvalue weighted by Gasteiger charge is 2.05. The summed E-state index contributed by atoms with van der Waals surface area (Å²) in [5.74, 6) is 0. The molecule has 1 aromatic carbocycles. The van der Waals surface area contributed by atoms with Crippen LogP contribution in [0.2, 0.25) is 10.0 Å². The van der Waals surface area contributed by atoms with Crippen LogP contribution in [0.3, 0.4) is 0 Å². The summed E-state index contributed by atoms with van der Waals surface area (Å²) in [7, 11) is 0. The van der Waals surface area contributed by atoms with E-state index in [9.17, 15) is 0 Å². The molecule has 0 fully saturated rings. The van der Waals surface area contributed by atoms with Crippen LogP contribution in [0, 0.1) is 0 Å². The lowest BCUT2D eigenvalue weighted by Gasteiger charge is -1.93. The minimum atomic E-state index is 0.697. The summed E-state index contributed by atoms with van der Waals surface area (Å²) < 4.78 is 2.38. The number of rotatable bonds is 1. The lowest BCUT2D eigenvalue weighted by atomic mass is 10.3. The Bertz CT molecular complexity index is 448. The molecule has 0 bridgehead atoms. The third kappa shape index (κ3) is 1.82. The summed E-state index contributed by atoms with van der Waals surface area (Å²) in [6, 6.07) is 5.84. The molecule has 0 aliphatic carbocycles. The molecule has 2 aromatic rings. The van der Waals surface area contributed by atoms with Crippen LogP contribution in [0.25, 0.3) is 10.1 Å². The second-order valence-electron chi connectivity index (χ2n) is 2.58. The van der Waals surface area contributed by atoms with Gasteiger partial charge in [0.2, 0.25) is 0 Å². The minimum absolute atomic E-state index is 0.697. The van der Waals surface area contributed by atoms with E-state index in [2.05, 4.69) is 12.3 Å². The van der Waals surface area contributed by atoms with Crippen molar-refractivity contribution in [2.75, 3.05) is 6.26 Å². The molecular formula is C9H6Cl2S2. The van der Waals surface area contributed by atoms with Crippen LogP contribution in [0.1, 0.15) is 0 Å². The van der Waals surface area contributed by atoms with E-state index >= 15 is 0 Å². The predicted octanol–water partition coefficient (Wildman–Crippen LogP) is 4.93. The number of thioether (sulfide) groups is 1. The molecule has 2 rings (SSSR count). The summed E-state index contributed by atoms with van der Waals surface area (Å²) >= 11 is 15.4. The van der Waals surface area contributed by atoms with Gasteiger partial charge in [-0.25, -0.2) is 0 Å². The van der Waals surface area contributed by atoms with Gasteiger partial charge in [0.15, 0.2) is 0 Å². The van der Waals surface area contributed by atoms with Crippen molar-refractivity contribution in [3.05, 3.63) is 28.2 Å². The Morgan fingerprint density at radius 1 is 1.23 bits per heavy atom. The molecule has 13 heavy (non-hydrogen) atoms. The quantitative estimate of drug-likeness (QED) is 0.646. The average Bonchev–Trinajstić information content (AvgIpc) is 2.47. The van der Waals surface area contributed by atoms with Crippen molar-refractivity contribution >= 4 is 56.4 Å². The van der Waals surface area contributed by atoms with Crippen molar-refractivity contribution in [3.8, 4) is 0 Å².